The fraction of sp³-hybridized carbons (Fsp3) is 0.533. The number of piperazine rings is 1. The molecule has 0 amide bonds. The number of hydrogen-bond donors (Lipinski definition) is 2. The van der Waals surface area contributed by atoms with Crippen molar-refractivity contribution < 1.29 is 9.90 Å². The van der Waals surface area contributed by atoms with Crippen LogP contribution in [0.3, 0.4) is 0 Å². The highest BCUT2D eigenvalue weighted by molar-refractivity contribution is 7.22. The van der Waals surface area contributed by atoms with Gasteiger partial charge in [0.25, 0.3) is 0 Å². The first-order chi connectivity index (χ1) is 11.5. The summed E-state index contributed by atoms with van der Waals surface area (Å²) in [7, 11) is 0. The minimum absolute atomic E-state index is 0.202. The van der Waals surface area contributed by atoms with E-state index in [2.05, 4.69) is 14.8 Å². The fourth-order valence-electron chi connectivity index (χ4n) is 2.92. The van der Waals surface area contributed by atoms with Crippen LogP contribution in [0.1, 0.15) is 17.3 Å². The van der Waals surface area contributed by atoms with Gasteiger partial charge in [0.15, 0.2) is 10.8 Å². The van der Waals surface area contributed by atoms with E-state index in [0.29, 0.717) is 23.4 Å². The van der Waals surface area contributed by atoms with Crippen molar-refractivity contribution in [2.75, 3.05) is 44.2 Å². The molecule has 2 aromatic rings. The molecule has 0 saturated carbocycles. The van der Waals surface area contributed by atoms with Gasteiger partial charge in [-0.05, 0) is 6.92 Å². The van der Waals surface area contributed by atoms with Crippen LogP contribution in [0.25, 0.3) is 10.3 Å². The summed E-state index contributed by atoms with van der Waals surface area (Å²) < 4.78 is 2.14. The number of carbonyl (C=O) groups is 1. The minimum atomic E-state index is -1.20. The molecule has 3 N–H and O–H groups in total. The van der Waals surface area contributed by atoms with Crippen molar-refractivity contribution >= 4 is 32.8 Å². The highest BCUT2D eigenvalue weighted by atomic mass is 32.1. The molecular weight excluding hydrogens is 330 g/mol. The Labute approximate surface area is 143 Å². The lowest BCUT2D eigenvalue weighted by Gasteiger charge is -2.34. The maximum atomic E-state index is 12.4. The number of hydrogen-bond acceptors (Lipinski definition) is 7. The molecule has 0 bridgehead atoms. The molecule has 0 spiro atoms. The van der Waals surface area contributed by atoms with Gasteiger partial charge in [0.05, 0.1) is 0 Å². The third-order valence-electron chi connectivity index (χ3n) is 4.27. The van der Waals surface area contributed by atoms with E-state index in [1.54, 1.807) is 4.57 Å². The van der Waals surface area contributed by atoms with Gasteiger partial charge in [-0.1, -0.05) is 11.3 Å². The molecule has 0 aromatic carbocycles. The Kier molecular flexibility index (Phi) is 4.83. The second kappa shape index (κ2) is 6.88. The summed E-state index contributed by atoms with van der Waals surface area (Å²) in [6.07, 6.45) is 1.38. The van der Waals surface area contributed by atoms with Crippen molar-refractivity contribution in [3.63, 3.8) is 0 Å². The van der Waals surface area contributed by atoms with Gasteiger partial charge in [0.2, 0.25) is 5.43 Å². The summed E-state index contributed by atoms with van der Waals surface area (Å²) in [6.45, 7) is 7.46. The largest absolute Gasteiger partial charge is 0.477 e. The van der Waals surface area contributed by atoms with Crippen LogP contribution in [0.5, 0.6) is 0 Å². The quantitative estimate of drug-likeness (QED) is 0.796. The van der Waals surface area contributed by atoms with Crippen molar-refractivity contribution in [3.8, 4) is 0 Å². The number of fused-ring (bicyclic) bond motifs is 1. The van der Waals surface area contributed by atoms with E-state index in [-0.39, 0.29) is 5.56 Å². The Morgan fingerprint density at radius 3 is 2.67 bits per heavy atom. The summed E-state index contributed by atoms with van der Waals surface area (Å²) in [6, 6.07) is 0. The van der Waals surface area contributed by atoms with Crippen LogP contribution in [0.15, 0.2) is 11.0 Å². The zero-order valence-electron chi connectivity index (χ0n) is 13.6. The molecular formula is C15H21N5O3S. The topological polar surface area (TPSA) is 105 Å². The van der Waals surface area contributed by atoms with E-state index in [0.717, 1.165) is 37.9 Å². The summed E-state index contributed by atoms with van der Waals surface area (Å²) in [5.41, 5.74) is 5.51. The van der Waals surface area contributed by atoms with Gasteiger partial charge in [0, 0.05) is 52.0 Å². The van der Waals surface area contributed by atoms with Crippen molar-refractivity contribution in [2.45, 2.75) is 13.5 Å². The third kappa shape index (κ3) is 3.02. The first-order valence-electron chi connectivity index (χ1n) is 7.99. The van der Waals surface area contributed by atoms with Crippen molar-refractivity contribution in [1.29, 1.82) is 0 Å². The Morgan fingerprint density at radius 2 is 2.08 bits per heavy atom. The fourth-order valence-corrected chi connectivity index (χ4v) is 4.00. The molecule has 3 heterocycles. The average Bonchev–Trinajstić information content (AvgIpc) is 3.02. The number of carboxylic acid groups (broad SMARTS) is 1. The molecule has 0 aliphatic carbocycles. The second-order valence-electron chi connectivity index (χ2n) is 5.73. The molecule has 24 heavy (non-hydrogen) atoms. The Bertz CT molecular complexity index is 807. The maximum Gasteiger partial charge on any atom is 0.341 e. The van der Waals surface area contributed by atoms with E-state index in [4.69, 9.17) is 5.73 Å². The highest BCUT2D eigenvalue weighted by Crippen LogP contribution is 2.27. The number of pyridine rings is 1. The Hall–Kier alpha value is -1.97. The molecule has 1 aliphatic rings. The summed E-state index contributed by atoms with van der Waals surface area (Å²) in [5.74, 6) is -1.20. The molecule has 0 atom stereocenters. The third-order valence-corrected chi connectivity index (χ3v) is 5.37. The number of anilines is 1. The van der Waals surface area contributed by atoms with Gasteiger partial charge in [-0.2, -0.15) is 0 Å². The first-order valence-corrected chi connectivity index (χ1v) is 8.81. The van der Waals surface area contributed by atoms with Crippen LogP contribution in [0.4, 0.5) is 5.13 Å². The first kappa shape index (κ1) is 16.9. The maximum absolute atomic E-state index is 12.4. The monoisotopic (exact) mass is 351 g/mol. The van der Waals surface area contributed by atoms with E-state index in [9.17, 15) is 14.7 Å². The molecule has 1 fully saturated rings. The molecule has 2 aromatic heterocycles. The minimum Gasteiger partial charge on any atom is -0.477 e. The predicted octanol–water partition coefficient (Wildman–Crippen LogP) is 0.257. The average molecular weight is 351 g/mol. The number of carboxylic acids is 1. The number of aromatic nitrogens is 2. The summed E-state index contributed by atoms with van der Waals surface area (Å²) >= 11 is 1.28. The molecule has 0 radical (unpaired) electrons. The number of rotatable bonds is 5. The normalized spacial score (nSPS) is 16.0. The SMILES string of the molecule is CCn1cc(C(=O)O)c(=O)c2sc(N3CCN(CCN)CC3)nc21. The van der Waals surface area contributed by atoms with Crippen molar-refractivity contribution in [1.82, 2.24) is 14.5 Å². The van der Waals surface area contributed by atoms with Crippen LogP contribution < -0.4 is 16.1 Å². The highest BCUT2D eigenvalue weighted by Gasteiger charge is 2.22. The van der Waals surface area contributed by atoms with E-state index in [1.165, 1.54) is 17.5 Å². The van der Waals surface area contributed by atoms with E-state index in [1.807, 2.05) is 6.92 Å². The smallest absolute Gasteiger partial charge is 0.341 e. The number of nitrogens with zero attached hydrogens (tertiary/aromatic N) is 4. The van der Waals surface area contributed by atoms with Crippen LogP contribution in [0.2, 0.25) is 0 Å². The van der Waals surface area contributed by atoms with E-state index < -0.39 is 11.4 Å². The standard InChI is InChI=1S/C15H21N5O3S/c1-2-19-9-10(14(22)23)11(21)12-13(19)17-15(24-12)20-7-5-18(4-3-16)6-8-20/h9H,2-8,16H2,1H3,(H,22,23). The molecule has 0 unspecified atom stereocenters. The molecule has 130 valence electrons. The molecule has 8 nitrogen and oxygen atoms in total. The van der Waals surface area contributed by atoms with Gasteiger partial charge in [-0.25, -0.2) is 9.78 Å². The summed E-state index contributed by atoms with van der Waals surface area (Å²) in [4.78, 5) is 32.8. The number of thiazole rings is 1. The molecule has 1 saturated heterocycles. The van der Waals surface area contributed by atoms with Crippen LogP contribution in [-0.4, -0.2) is 64.8 Å². The van der Waals surface area contributed by atoms with Gasteiger partial charge >= 0.3 is 5.97 Å². The lowest BCUT2D eigenvalue weighted by atomic mass is 10.2. The van der Waals surface area contributed by atoms with Gasteiger partial charge in [-0.15, -0.1) is 0 Å². The predicted molar refractivity (Wildman–Crippen MR) is 94.2 cm³/mol. The van der Waals surface area contributed by atoms with E-state index >= 15 is 0 Å². The zero-order chi connectivity index (χ0) is 17.3. The second-order valence-corrected chi connectivity index (χ2v) is 6.71. The number of aryl methyl sites for hydroxylation is 1. The van der Waals surface area contributed by atoms with Gasteiger partial charge < -0.3 is 20.3 Å². The van der Waals surface area contributed by atoms with Crippen molar-refractivity contribution in [2.24, 2.45) is 5.73 Å². The molecule has 9 heteroatoms. The molecule has 1 aliphatic heterocycles. The Balaban J connectivity index is 1.95. The summed E-state index contributed by atoms with van der Waals surface area (Å²) in [5, 5.41) is 10.0. The number of nitrogens with two attached hydrogens (primary N) is 1. The van der Waals surface area contributed by atoms with Gasteiger partial charge in [-0.3, -0.25) is 9.69 Å². The van der Waals surface area contributed by atoms with Crippen LogP contribution in [0, 0.1) is 0 Å². The van der Waals surface area contributed by atoms with Crippen LogP contribution >= 0.6 is 11.3 Å². The van der Waals surface area contributed by atoms with Crippen molar-refractivity contribution in [3.05, 3.63) is 22.0 Å². The lowest BCUT2D eigenvalue weighted by molar-refractivity contribution is 0.0695. The lowest BCUT2D eigenvalue weighted by Crippen LogP contribution is -2.47. The van der Waals surface area contributed by atoms with Crippen LogP contribution in [-0.2, 0) is 6.54 Å². The zero-order valence-corrected chi connectivity index (χ0v) is 14.4. The number of aromatic carboxylic acids is 1. The Morgan fingerprint density at radius 1 is 1.38 bits per heavy atom. The molecule has 3 rings (SSSR count). The van der Waals surface area contributed by atoms with Gasteiger partial charge in [0.1, 0.15) is 10.3 Å².